The van der Waals surface area contributed by atoms with E-state index in [0.717, 1.165) is 19.3 Å². The minimum absolute atomic E-state index is 0.111. The van der Waals surface area contributed by atoms with Crippen LogP contribution >= 0.6 is 0 Å². The average molecular weight is 228 g/mol. The Bertz CT molecular complexity index is 190. The van der Waals surface area contributed by atoms with Crippen LogP contribution in [0.5, 0.6) is 0 Å². The molecule has 0 saturated carbocycles. The largest absolute Gasteiger partial charge is 0.352 e. The predicted octanol–water partition coefficient (Wildman–Crippen LogP) is 2.32. The Balaban J connectivity index is 3.86. The van der Waals surface area contributed by atoms with Crippen LogP contribution < -0.4 is 10.6 Å². The molecule has 2 N–H and O–H groups in total. The van der Waals surface area contributed by atoms with Gasteiger partial charge in [0, 0.05) is 12.1 Å². The van der Waals surface area contributed by atoms with Gasteiger partial charge in [0.25, 0.3) is 0 Å². The highest BCUT2D eigenvalue weighted by Crippen LogP contribution is 2.12. The lowest BCUT2D eigenvalue weighted by Gasteiger charge is -2.23. The van der Waals surface area contributed by atoms with Gasteiger partial charge in [-0.25, -0.2) is 0 Å². The van der Waals surface area contributed by atoms with E-state index in [2.05, 4.69) is 45.3 Å². The van der Waals surface area contributed by atoms with Gasteiger partial charge in [0.2, 0.25) is 5.91 Å². The Morgan fingerprint density at radius 2 is 1.62 bits per heavy atom. The van der Waals surface area contributed by atoms with Gasteiger partial charge >= 0.3 is 0 Å². The van der Waals surface area contributed by atoms with Crippen LogP contribution in [0.2, 0.25) is 0 Å². The van der Waals surface area contributed by atoms with E-state index >= 15 is 0 Å². The minimum atomic E-state index is 0.111. The molecule has 0 aliphatic carbocycles. The maximum atomic E-state index is 11.6. The van der Waals surface area contributed by atoms with Gasteiger partial charge in [-0.3, -0.25) is 4.79 Å². The molecule has 0 aromatic rings. The molecule has 0 aliphatic heterocycles. The standard InChI is InChI=1S/C13H28N2O/c1-6-10(4)14-9-13(16)15-11(5)12(7-2)8-3/h10-12,14H,6-9H2,1-5H3,(H,15,16). The first kappa shape index (κ1) is 15.4. The normalized spacial score (nSPS) is 14.9. The first-order valence-corrected chi connectivity index (χ1v) is 6.57. The Kier molecular flexibility index (Phi) is 8.26. The fourth-order valence-corrected chi connectivity index (χ4v) is 1.83. The molecule has 0 spiro atoms. The molecule has 16 heavy (non-hydrogen) atoms. The molecule has 0 heterocycles. The lowest BCUT2D eigenvalue weighted by Crippen LogP contribution is -2.43. The number of hydrogen-bond acceptors (Lipinski definition) is 2. The lowest BCUT2D eigenvalue weighted by atomic mass is 9.95. The van der Waals surface area contributed by atoms with Gasteiger partial charge in [0.15, 0.2) is 0 Å². The summed E-state index contributed by atoms with van der Waals surface area (Å²) in [7, 11) is 0. The Labute approximate surface area is 100 Å². The molecular formula is C13H28N2O. The summed E-state index contributed by atoms with van der Waals surface area (Å²) in [5.74, 6) is 0.701. The molecule has 0 rings (SSSR count). The summed E-state index contributed by atoms with van der Waals surface area (Å²) in [6, 6.07) is 0.690. The molecule has 0 saturated heterocycles. The van der Waals surface area contributed by atoms with Crippen molar-refractivity contribution in [3.63, 3.8) is 0 Å². The molecule has 2 unspecified atom stereocenters. The zero-order valence-corrected chi connectivity index (χ0v) is 11.5. The highest BCUT2D eigenvalue weighted by molar-refractivity contribution is 5.78. The topological polar surface area (TPSA) is 41.1 Å². The third-order valence-electron chi connectivity index (χ3n) is 3.37. The van der Waals surface area contributed by atoms with E-state index in [4.69, 9.17) is 0 Å². The highest BCUT2D eigenvalue weighted by Gasteiger charge is 2.15. The fourth-order valence-electron chi connectivity index (χ4n) is 1.83. The quantitative estimate of drug-likeness (QED) is 0.669. The van der Waals surface area contributed by atoms with E-state index < -0.39 is 0 Å². The number of nitrogens with one attached hydrogen (secondary N) is 2. The average Bonchev–Trinajstić information content (AvgIpc) is 2.27. The summed E-state index contributed by atoms with van der Waals surface area (Å²) in [6.07, 6.45) is 3.29. The molecule has 3 nitrogen and oxygen atoms in total. The van der Waals surface area contributed by atoms with E-state index in [1.807, 2.05) is 0 Å². The minimum Gasteiger partial charge on any atom is -0.352 e. The molecule has 0 aliphatic rings. The summed E-state index contributed by atoms with van der Waals surface area (Å²) in [5, 5.41) is 6.26. The van der Waals surface area contributed by atoms with Gasteiger partial charge < -0.3 is 10.6 Å². The van der Waals surface area contributed by atoms with Gasteiger partial charge in [0.1, 0.15) is 0 Å². The van der Waals surface area contributed by atoms with Crippen LogP contribution in [0.4, 0.5) is 0 Å². The summed E-state index contributed by atoms with van der Waals surface area (Å²) in [5.41, 5.74) is 0. The maximum absolute atomic E-state index is 11.6. The Morgan fingerprint density at radius 3 is 2.06 bits per heavy atom. The Morgan fingerprint density at radius 1 is 1.06 bits per heavy atom. The van der Waals surface area contributed by atoms with Crippen LogP contribution in [0.3, 0.4) is 0 Å². The van der Waals surface area contributed by atoms with Gasteiger partial charge in [-0.05, 0) is 26.2 Å². The van der Waals surface area contributed by atoms with Crippen LogP contribution in [-0.4, -0.2) is 24.5 Å². The summed E-state index contributed by atoms with van der Waals surface area (Å²) in [6.45, 7) is 11.1. The third-order valence-corrected chi connectivity index (χ3v) is 3.37. The molecule has 3 heteroatoms. The molecule has 2 atom stereocenters. The molecule has 0 bridgehead atoms. The number of rotatable bonds is 8. The molecule has 96 valence electrons. The van der Waals surface area contributed by atoms with Crippen molar-refractivity contribution in [1.82, 2.24) is 10.6 Å². The fraction of sp³-hybridized carbons (Fsp3) is 0.923. The number of carbonyl (C=O) groups excluding carboxylic acids is 1. The molecule has 0 radical (unpaired) electrons. The predicted molar refractivity (Wildman–Crippen MR) is 69.4 cm³/mol. The second-order valence-corrected chi connectivity index (χ2v) is 4.62. The second kappa shape index (κ2) is 8.57. The number of hydrogen-bond donors (Lipinski definition) is 2. The second-order valence-electron chi connectivity index (χ2n) is 4.62. The monoisotopic (exact) mass is 228 g/mol. The first-order chi connectivity index (χ1) is 7.54. The first-order valence-electron chi connectivity index (χ1n) is 6.57. The maximum Gasteiger partial charge on any atom is 0.234 e. The van der Waals surface area contributed by atoms with Crippen LogP contribution in [0.25, 0.3) is 0 Å². The Hall–Kier alpha value is -0.570. The van der Waals surface area contributed by atoms with Crippen LogP contribution in [0.15, 0.2) is 0 Å². The number of carbonyl (C=O) groups is 1. The van der Waals surface area contributed by atoms with Crippen molar-refractivity contribution >= 4 is 5.91 Å². The van der Waals surface area contributed by atoms with E-state index in [9.17, 15) is 4.79 Å². The molecule has 1 amide bonds. The zero-order valence-electron chi connectivity index (χ0n) is 11.5. The molecule has 0 aromatic heterocycles. The smallest absolute Gasteiger partial charge is 0.234 e. The van der Waals surface area contributed by atoms with Crippen molar-refractivity contribution in [3.8, 4) is 0 Å². The lowest BCUT2D eigenvalue weighted by molar-refractivity contribution is -0.121. The van der Waals surface area contributed by atoms with Crippen molar-refractivity contribution in [2.75, 3.05) is 6.54 Å². The van der Waals surface area contributed by atoms with Gasteiger partial charge in [0.05, 0.1) is 6.54 Å². The highest BCUT2D eigenvalue weighted by atomic mass is 16.1. The van der Waals surface area contributed by atoms with Crippen LogP contribution in [-0.2, 0) is 4.79 Å². The van der Waals surface area contributed by atoms with Crippen molar-refractivity contribution in [1.29, 1.82) is 0 Å². The van der Waals surface area contributed by atoms with Crippen molar-refractivity contribution in [3.05, 3.63) is 0 Å². The van der Waals surface area contributed by atoms with Gasteiger partial charge in [-0.1, -0.05) is 33.6 Å². The summed E-state index contributed by atoms with van der Waals surface area (Å²) >= 11 is 0. The molecule has 0 aromatic carbocycles. The van der Waals surface area contributed by atoms with E-state index in [0.29, 0.717) is 18.5 Å². The van der Waals surface area contributed by atoms with Crippen LogP contribution in [0.1, 0.15) is 53.9 Å². The summed E-state index contributed by atoms with van der Waals surface area (Å²) in [4.78, 5) is 11.6. The van der Waals surface area contributed by atoms with Gasteiger partial charge in [-0.15, -0.1) is 0 Å². The van der Waals surface area contributed by atoms with Crippen molar-refractivity contribution in [2.24, 2.45) is 5.92 Å². The number of amides is 1. The zero-order chi connectivity index (χ0) is 12.6. The summed E-state index contributed by atoms with van der Waals surface area (Å²) < 4.78 is 0. The van der Waals surface area contributed by atoms with Crippen molar-refractivity contribution < 1.29 is 4.79 Å². The van der Waals surface area contributed by atoms with E-state index in [-0.39, 0.29) is 11.9 Å². The third kappa shape index (κ3) is 6.11. The van der Waals surface area contributed by atoms with Gasteiger partial charge in [-0.2, -0.15) is 0 Å². The van der Waals surface area contributed by atoms with E-state index in [1.165, 1.54) is 0 Å². The van der Waals surface area contributed by atoms with Crippen LogP contribution in [0, 0.1) is 5.92 Å². The SMILES string of the molecule is CCC(C)NCC(=O)NC(C)C(CC)CC. The van der Waals surface area contributed by atoms with Crippen molar-refractivity contribution in [2.45, 2.75) is 66.0 Å². The van der Waals surface area contributed by atoms with E-state index in [1.54, 1.807) is 0 Å². The molecule has 0 fully saturated rings. The molecular weight excluding hydrogens is 200 g/mol.